The Morgan fingerprint density at radius 3 is 2.94 bits per heavy atom. The summed E-state index contributed by atoms with van der Waals surface area (Å²) in [6.45, 7) is 0. The van der Waals surface area contributed by atoms with E-state index in [2.05, 4.69) is 16.3 Å². The number of nitrogens with one attached hydrogen (secondary N) is 1. The third kappa shape index (κ3) is 2.57. The minimum Gasteiger partial charge on any atom is -0.282 e. The highest BCUT2D eigenvalue weighted by Crippen LogP contribution is 2.29. The molecule has 0 fully saturated rings. The van der Waals surface area contributed by atoms with Crippen LogP contribution in [0.1, 0.15) is 11.3 Å². The lowest BCUT2D eigenvalue weighted by Crippen LogP contribution is -1.82. The van der Waals surface area contributed by atoms with E-state index < -0.39 is 0 Å². The van der Waals surface area contributed by atoms with Crippen molar-refractivity contribution in [2.75, 3.05) is 0 Å². The fourth-order valence-electron chi connectivity index (χ4n) is 1.21. The number of aromatic nitrogens is 2. The average Bonchev–Trinajstić information content (AvgIpc) is 2.80. The van der Waals surface area contributed by atoms with Gasteiger partial charge in [-0.1, -0.05) is 11.6 Å². The molecular formula is C11H8ClN3S. The summed E-state index contributed by atoms with van der Waals surface area (Å²) in [5.41, 5.74) is 1.63. The molecule has 0 saturated heterocycles. The molecule has 0 spiro atoms. The Morgan fingerprint density at radius 1 is 1.44 bits per heavy atom. The highest BCUT2D eigenvalue weighted by atomic mass is 35.5. The van der Waals surface area contributed by atoms with Crippen LogP contribution in [0, 0.1) is 11.3 Å². The fourth-order valence-corrected chi connectivity index (χ4v) is 2.39. The van der Waals surface area contributed by atoms with Gasteiger partial charge in [0.1, 0.15) is 0 Å². The maximum absolute atomic E-state index is 8.70. The fraction of sp³-hybridized carbons (Fsp3) is 0.0909. The Kier molecular flexibility index (Phi) is 3.50. The summed E-state index contributed by atoms with van der Waals surface area (Å²) in [6, 6.07) is 9.28. The van der Waals surface area contributed by atoms with E-state index in [4.69, 9.17) is 16.9 Å². The minimum absolute atomic E-state index is 0.580. The summed E-state index contributed by atoms with van der Waals surface area (Å²) in [7, 11) is 0. The first kappa shape index (κ1) is 11.1. The molecule has 0 unspecified atom stereocenters. The van der Waals surface area contributed by atoms with Crippen LogP contribution >= 0.6 is 23.4 Å². The molecule has 16 heavy (non-hydrogen) atoms. The van der Waals surface area contributed by atoms with E-state index in [0.29, 0.717) is 10.6 Å². The van der Waals surface area contributed by atoms with Gasteiger partial charge in [0.15, 0.2) is 0 Å². The molecular weight excluding hydrogens is 242 g/mol. The van der Waals surface area contributed by atoms with Gasteiger partial charge in [-0.3, -0.25) is 5.10 Å². The largest absolute Gasteiger partial charge is 0.282 e. The maximum Gasteiger partial charge on any atom is 0.0992 e. The number of halogens is 1. The van der Waals surface area contributed by atoms with Gasteiger partial charge in [-0.2, -0.15) is 10.4 Å². The Morgan fingerprint density at radius 2 is 2.31 bits per heavy atom. The number of hydrogen-bond donors (Lipinski definition) is 1. The average molecular weight is 250 g/mol. The number of hydrogen-bond acceptors (Lipinski definition) is 3. The van der Waals surface area contributed by atoms with E-state index in [1.807, 2.05) is 12.1 Å². The normalized spacial score (nSPS) is 10.0. The standard InChI is InChI=1S/C11H8ClN3S/c12-10-5-8(6-13)1-2-11(10)16-7-9-3-4-14-15-9/h1-5H,7H2,(H,14,15). The molecule has 0 amide bonds. The van der Waals surface area contributed by atoms with Crippen molar-refractivity contribution in [3.05, 3.63) is 46.7 Å². The topological polar surface area (TPSA) is 52.5 Å². The molecule has 5 heteroatoms. The van der Waals surface area contributed by atoms with Gasteiger partial charge in [-0.15, -0.1) is 11.8 Å². The zero-order valence-electron chi connectivity index (χ0n) is 8.27. The first-order chi connectivity index (χ1) is 7.79. The van der Waals surface area contributed by atoms with Crippen molar-refractivity contribution in [2.45, 2.75) is 10.6 Å². The number of thioether (sulfide) groups is 1. The predicted octanol–water partition coefficient (Wildman–Crippen LogP) is 3.23. The van der Waals surface area contributed by atoms with Crippen LogP contribution in [0.3, 0.4) is 0 Å². The molecule has 0 radical (unpaired) electrons. The summed E-state index contributed by atoms with van der Waals surface area (Å²) in [5.74, 6) is 0.783. The number of H-pyrrole nitrogens is 1. The van der Waals surface area contributed by atoms with Crippen LogP contribution in [-0.2, 0) is 5.75 Å². The molecule has 0 atom stereocenters. The first-order valence-electron chi connectivity index (χ1n) is 4.60. The number of nitrogens with zero attached hydrogens (tertiary/aromatic N) is 2. The molecule has 3 nitrogen and oxygen atoms in total. The molecule has 0 saturated carbocycles. The van der Waals surface area contributed by atoms with Crippen LogP contribution in [0.25, 0.3) is 0 Å². The monoisotopic (exact) mass is 249 g/mol. The van der Waals surface area contributed by atoms with Crippen molar-refractivity contribution in [3.63, 3.8) is 0 Å². The lowest BCUT2D eigenvalue weighted by molar-refractivity contribution is 1.04. The van der Waals surface area contributed by atoms with Crippen molar-refractivity contribution in [1.82, 2.24) is 10.2 Å². The molecule has 1 N–H and O–H groups in total. The molecule has 1 aromatic heterocycles. The molecule has 2 aromatic rings. The third-order valence-corrected chi connectivity index (χ3v) is 3.55. The Labute approximate surface area is 102 Å². The van der Waals surface area contributed by atoms with Crippen molar-refractivity contribution in [1.29, 1.82) is 5.26 Å². The van der Waals surface area contributed by atoms with E-state index in [1.165, 1.54) is 0 Å². The quantitative estimate of drug-likeness (QED) is 0.850. The zero-order valence-corrected chi connectivity index (χ0v) is 9.85. The molecule has 0 aliphatic carbocycles. The van der Waals surface area contributed by atoms with E-state index in [-0.39, 0.29) is 0 Å². The van der Waals surface area contributed by atoms with E-state index >= 15 is 0 Å². The molecule has 0 aliphatic heterocycles. The summed E-state index contributed by atoms with van der Waals surface area (Å²) in [6.07, 6.45) is 1.72. The number of aromatic amines is 1. The minimum atomic E-state index is 0.580. The van der Waals surface area contributed by atoms with Gasteiger partial charge in [0.05, 0.1) is 16.7 Å². The van der Waals surface area contributed by atoms with Crippen molar-refractivity contribution in [3.8, 4) is 6.07 Å². The Balaban J connectivity index is 2.08. The van der Waals surface area contributed by atoms with Crippen LogP contribution in [-0.4, -0.2) is 10.2 Å². The number of nitriles is 1. The van der Waals surface area contributed by atoms with Gasteiger partial charge in [0, 0.05) is 22.5 Å². The molecule has 80 valence electrons. The second-order valence-electron chi connectivity index (χ2n) is 3.13. The van der Waals surface area contributed by atoms with Gasteiger partial charge in [0.25, 0.3) is 0 Å². The SMILES string of the molecule is N#Cc1ccc(SCc2ccn[nH]2)c(Cl)c1. The van der Waals surface area contributed by atoms with Crippen LogP contribution < -0.4 is 0 Å². The summed E-state index contributed by atoms with van der Waals surface area (Å²) < 4.78 is 0. The van der Waals surface area contributed by atoms with Gasteiger partial charge in [-0.05, 0) is 24.3 Å². The summed E-state index contributed by atoms with van der Waals surface area (Å²) >= 11 is 7.66. The zero-order chi connectivity index (χ0) is 11.4. The van der Waals surface area contributed by atoms with E-state index in [9.17, 15) is 0 Å². The van der Waals surface area contributed by atoms with Crippen molar-refractivity contribution < 1.29 is 0 Å². The summed E-state index contributed by atoms with van der Waals surface area (Å²) in [5, 5.41) is 16.1. The molecule has 1 heterocycles. The van der Waals surface area contributed by atoms with E-state index in [1.54, 1.807) is 30.1 Å². The first-order valence-corrected chi connectivity index (χ1v) is 5.96. The van der Waals surface area contributed by atoms with Crippen LogP contribution in [0.4, 0.5) is 0 Å². The maximum atomic E-state index is 8.70. The van der Waals surface area contributed by atoms with Gasteiger partial charge in [0.2, 0.25) is 0 Å². The molecule has 2 rings (SSSR count). The van der Waals surface area contributed by atoms with Crippen LogP contribution in [0.5, 0.6) is 0 Å². The number of benzene rings is 1. The third-order valence-electron chi connectivity index (χ3n) is 2.00. The second kappa shape index (κ2) is 5.06. The van der Waals surface area contributed by atoms with Gasteiger partial charge >= 0.3 is 0 Å². The lowest BCUT2D eigenvalue weighted by Gasteiger charge is -2.02. The van der Waals surface area contributed by atoms with Crippen LogP contribution in [0.2, 0.25) is 5.02 Å². The van der Waals surface area contributed by atoms with Gasteiger partial charge in [-0.25, -0.2) is 0 Å². The van der Waals surface area contributed by atoms with E-state index in [0.717, 1.165) is 16.3 Å². The smallest absolute Gasteiger partial charge is 0.0992 e. The van der Waals surface area contributed by atoms with Crippen molar-refractivity contribution >= 4 is 23.4 Å². The molecule has 1 aromatic carbocycles. The van der Waals surface area contributed by atoms with Gasteiger partial charge < -0.3 is 0 Å². The second-order valence-corrected chi connectivity index (χ2v) is 4.55. The molecule has 0 aliphatic rings. The Hall–Kier alpha value is -1.44. The highest BCUT2D eigenvalue weighted by molar-refractivity contribution is 7.98. The summed E-state index contributed by atoms with van der Waals surface area (Å²) in [4.78, 5) is 0.968. The van der Waals surface area contributed by atoms with Crippen LogP contribution in [0.15, 0.2) is 35.4 Å². The Bertz CT molecular complexity index is 517. The predicted molar refractivity (Wildman–Crippen MR) is 64.3 cm³/mol. The lowest BCUT2D eigenvalue weighted by atomic mass is 10.2. The number of rotatable bonds is 3. The molecule has 0 bridgehead atoms. The highest BCUT2D eigenvalue weighted by Gasteiger charge is 2.03. The van der Waals surface area contributed by atoms with Crippen molar-refractivity contribution in [2.24, 2.45) is 0 Å².